The maximum Gasteiger partial charge on any atom is 0.265 e. The van der Waals surface area contributed by atoms with Gasteiger partial charge in [-0.25, -0.2) is 0 Å². The summed E-state index contributed by atoms with van der Waals surface area (Å²) in [6, 6.07) is 11.8. The van der Waals surface area contributed by atoms with E-state index in [0.717, 1.165) is 5.56 Å². The summed E-state index contributed by atoms with van der Waals surface area (Å²) in [6.07, 6.45) is 0.525. The molecule has 2 aromatic carbocycles. The Balaban J connectivity index is 1.64. The van der Waals surface area contributed by atoms with Crippen molar-refractivity contribution >= 4 is 34.8 Å². The van der Waals surface area contributed by atoms with Crippen LogP contribution in [0.15, 0.2) is 53.3 Å². The van der Waals surface area contributed by atoms with E-state index < -0.39 is 6.10 Å². The third kappa shape index (κ3) is 4.29. The van der Waals surface area contributed by atoms with Gasteiger partial charge in [0.2, 0.25) is 12.3 Å². The van der Waals surface area contributed by atoms with Crippen LogP contribution in [0.2, 0.25) is 10.0 Å². The summed E-state index contributed by atoms with van der Waals surface area (Å²) < 4.78 is 10.8. The smallest absolute Gasteiger partial charge is 0.265 e. The van der Waals surface area contributed by atoms with Crippen LogP contribution in [0.25, 0.3) is 11.5 Å². The lowest BCUT2D eigenvalue weighted by Gasteiger charge is -2.15. The lowest BCUT2D eigenvalue weighted by molar-refractivity contribution is -0.122. The number of nitrogens with one attached hydrogen (secondary N) is 1. The van der Waals surface area contributed by atoms with Gasteiger partial charge >= 0.3 is 0 Å². The molecule has 0 aliphatic carbocycles. The van der Waals surface area contributed by atoms with Gasteiger partial charge in [0.05, 0.1) is 10.7 Å². The molecule has 0 saturated heterocycles. The van der Waals surface area contributed by atoms with Crippen molar-refractivity contribution in [1.82, 2.24) is 10.2 Å². The molecule has 3 aromatic rings. The molecule has 0 aliphatic heterocycles. The van der Waals surface area contributed by atoms with Crippen LogP contribution in [0, 0.1) is 0 Å². The lowest BCUT2D eigenvalue weighted by Crippen LogP contribution is -2.30. The number of hydrogen-bond donors (Lipinski definition) is 1. The topological polar surface area (TPSA) is 77.2 Å². The molecule has 1 unspecified atom stereocenters. The molecule has 128 valence electrons. The zero-order valence-electron chi connectivity index (χ0n) is 13.1. The summed E-state index contributed by atoms with van der Waals surface area (Å²) in [4.78, 5) is 12.3. The number of benzene rings is 2. The first kappa shape index (κ1) is 17.3. The molecule has 3 rings (SSSR count). The number of hydrogen-bond acceptors (Lipinski definition) is 5. The molecule has 8 heteroatoms. The predicted molar refractivity (Wildman–Crippen MR) is 94.9 cm³/mol. The van der Waals surface area contributed by atoms with Crippen LogP contribution >= 0.6 is 23.2 Å². The molecule has 25 heavy (non-hydrogen) atoms. The van der Waals surface area contributed by atoms with Crippen molar-refractivity contribution in [2.75, 3.05) is 5.32 Å². The van der Waals surface area contributed by atoms with Crippen molar-refractivity contribution in [3.8, 4) is 17.2 Å². The standard InChI is InChI=1S/C17H13Cl2N3O3/c1-10(16(23)21-15-8-12(18)4-7-14(15)19)25-13-5-2-11(3-6-13)17-22-20-9-24-17/h2-10H,1H3,(H,21,23). The zero-order valence-corrected chi connectivity index (χ0v) is 14.6. The SMILES string of the molecule is CC(Oc1ccc(-c2nnco2)cc1)C(=O)Nc1cc(Cl)ccc1Cl. The number of amides is 1. The van der Waals surface area contributed by atoms with Crippen molar-refractivity contribution in [2.24, 2.45) is 0 Å². The fourth-order valence-corrected chi connectivity index (χ4v) is 2.40. The summed E-state index contributed by atoms with van der Waals surface area (Å²) >= 11 is 11.9. The molecule has 1 aromatic heterocycles. The Labute approximate surface area is 153 Å². The second kappa shape index (κ2) is 7.55. The average Bonchev–Trinajstić information content (AvgIpc) is 3.13. The van der Waals surface area contributed by atoms with Gasteiger partial charge in [-0.05, 0) is 49.4 Å². The predicted octanol–water partition coefficient (Wildman–Crippen LogP) is 4.45. The molecule has 0 aliphatic rings. The first-order chi connectivity index (χ1) is 12.0. The number of carbonyl (C=O) groups is 1. The molecule has 0 saturated carbocycles. The fourth-order valence-electron chi connectivity index (χ4n) is 2.06. The Morgan fingerprint density at radius 1 is 1.20 bits per heavy atom. The molecule has 1 N–H and O–H groups in total. The maximum atomic E-state index is 12.3. The first-order valence-corrected chi connectivity index (χ1v) is 8.07. The van der Waals surface area contributed by atoms with E-state index in [2.05, 4.69) is 15.5 Å². The molecule has 0 radical (unpaired) electrons. The summed E-state index contributed by atoms with van der Waals surface area (Å²) in [5.41, 5.74) is 1.19. The van der Waals surface area contributed by atoms with Crippen molar-refractivity contribution in [3.63, 3.8) is 0 Å². The highest BCUT2D eigenvalue weighted by atomic mass is 35.5. The molecular weight excluding hydrogens is 365 g/mol. The van der Waals surface area contributed by atoms with E-state index in [0.29, 0.717) is 27.4 Å². The average molecular weight is 378 g/mol. The number of nitrogens with zero attached hydrogens (tertiary/aromatic N) is 2. The van der Waals surface area contributed by atoms with Crippen LogP contribution in [-0.2, 0) is 4.79 Å². The van der Waals surface area contributed by atoms with Gasteiger partial charge in [-0.3, -0.25) is 4.79 Å². The Bertz CT molecular complexity index is 867. The highest BCUT2D eigenvalue weighted by Gasteiger charge is 2.16. The molecule has 0 bridgehead atoms. The Morgan fingerprint density at radius 2 is 1.96 bits per heavy atom. The van der Waals surface area contributed by atoms with E-state index in [1.165, 1.54) is 6.39 Å². The van der Waals surface area contributed by atoms with Crippen molar-refractivity contribution in [1.29, 1.82) is 0 Å². The molecular formula is C17H13Cl2N3O3. The number of anilines is 1. The highest BCUT2D eigenvalue weighted by molar-refractivity contribution is 6.35. The molecule has 0 spiro atoms. The van der Waals surface area contributed by atoms with Crippen LogP contribution < -0.4 is 10.1 Å². The van der Waals surface area contributed by atoms with Gasteiger partial charge in [0.15, 0.2) is 6.10 Å². The number of ether oxygens (including phenoxy) is 1. The van der Waals surface area contributed by atoms with Gasteiger partial charge in [-0.2, -0.15) is 0 Å². The third-order valence-corrected chi connectivity index (χ3v) is 3.89. The van der Waals surface area contributed by atoms with E-state index in [1.54, 1.807) is 49.4 Å². The van der Waals surface area contributed by atoms with Gasteiger partial charge < -0.3 is 14.5 Å². The van der Waals surface area contributed by atoms with Crippen molar-refractivity contribution in [2.45, 2.75) is 13.0 Å². The minimum atomic E-state index is -0.732. The summed E-state index contributed by atoms with van der Waals surface area (Å²) in [7, 11) is 0. The van der Waals surface area contributed by atoms with E-state index in [4.69, 9.17) is 32.4 Å². The normalized spacial score (nSPS) is 11.8. The summed E-state index contributed by atoms with van der Waals surface area (Å²) in [5.74, 6) is 0.598. The molecule has 6 nitrogen and oxygen atoms in total. The summed E-state index contributed by atoms with van der Waals surface area (Å²) in [6.45, 7) is 1.64. The minimum absolute atomic E-state index is 0.342. The second-order valence-electron chi connectivity index (χ2n) is 5.14. The second-order valence-corrected chi connectivity index (χ2v) is 5.99. The molecule has 1 atom stereocenters. The van der Waals surface area contributed by atoms with Gasteiger partial charge in [-0.1, -0.05) is 23.2 Å². The van der Waals surface area contributed by atoms with E-state index >= 15 is 0 Å². The van der Waals surface area contributed by atoms with E-state index in [1.807, 2.05) is 0 Å². The third-order valence-electron chi connectivity index (χ3n) is 3.33. The minimum Gasteiger partial charge on any atom is -0.481 e. The van der Waals surface area contributed by atoms with E-state index in [9.17, 15) is 4.79 Å². The quantitative estimate of drug-likeness (QED) is 0.710. The highest BCUT2D eigenvalue weighted by Crippen LogP contribution is 2.26. The van der Waals surface area contributed by atoms with Gasteiger partial charge in [0, 0.05) is 10.6 Å². The number of halogens is 2. The molecule has 1 heterocycles. The van der Waals surface area contributed by atoms with Gasteiger partial charge in [-0.15, -0.1) is 10.2 Å². The van der Waals surface area contributed by atoms with Crippen molar-refractivity contribution in [3.05, 3.63) is 58.9 Å². The summed E-state index contributed by atoms with van der Waals surface area (Å²) in [5, 5.41) is 11.0. The monoisotopic (exact) mass is 377 g/mol. The van der Waals surface area contributed by atoms with Crippen LogP contribution in [0.3, 0.4) is 0 Å². The van der Waals surface area contributed by atoms with E-state index in [-0.39, 0.29) is 5.91 Å². The Kier molecular flexibility index (Phi) is 5.21. The fraction of sp³-hybridized carbons (Fsp3) is 0.118. The van der Waals surface area contributed by atoms with Crippen molar-refractivity contribution < 1.29 is 13.9 Å². The largest absolute Gasteiger partial charge is 0.481 e. The number of aromatic nitrogens is 2. The van der Waals surface area contributed by atoms with Crippen LogP contribution in [0.1, 0.15) is 6.92 Å². The van der Waals surface area contributed by atoms with Crippen LogP contribution in [-0.4, -0.2) is 22.2 Å². The lowest BCUT2D eigenvalue weighted by atomic mass is 10.2. The molecule has 0 fully saturated rings. The number of carbonyl (C=O) groups excluding carboxylic acids is 1. The van der Waals surface area contributed by atoms with Gasteiger partial charge in [0.1, 0.15) is 5.75 Å². The van der Waals surface area contributed by atoms with Gasteiger partial charge in [0.25, 0.3) is 5.91 Å². The van der Waals surface area contributed by atoms with Crippen LogP contribution in [0.5, 0.6) is 5.75 Å². The number of rotatable bonds is 5. The Hall–Kier alpha value is -2.57. The maximum absolute atomic E-state index is 12.3. The molecule has 1 amide bonds. The Morgan fingerprint density at radius 3 is 2.64 bits per heavy atom. The van der Waals surface area contributed by atoms with Crippen LogP contribution in [0.4, 0.5) is 5.69 Å². The first-order valence-electron chi connectivity index (χ1n) is 7.32. The zero-order chi connectivity index (χ0) is 17.8.